The number of benzene rings is 1. The minimum atomic E-state index is -1.16. The van der Waals surface area contributed by atoms with Crippen LogP contribution in [0.2, 0.25) is 5.02 Å². The van der Waals surface area contributed by atoms with Crippen LogP contribution in [0.5, 0.6) is 11.5 Å². The molecule has 0 saturated heterocycles. The van der Waals surface area contributed by atoms with Gasteiger partial charge in [-0.3, -0.25) is 0 Å². The number of hydrogen-bond donors (Lipinski definition) is 1. The summed E-state index contributed by atoms with van der Waals surface area (Å²) in [4.78, 5) is 19.4. The van der Waals surface area contributed by atoms with Gasteiger partial charge in [-0.2, -0.15) is 0 Å². The Bertz CT molecular complexity index is 644. The van der Waals surface area contributed by atoms with Crippen LogP contribution in [0, 0.1) is 0 Å². The topological polar surface area (TPSA) is 72.3 Å². The van der Waals surface area contributed by atoms with Gasteiger partial charge < -0.3 is 9.84 Å². The standard InChI is InChI=1S/C14H13ClN2O3/c1-8(2)13-16-7-11(12(17-13)14(18)19)20-10-5-3-4-9(15)6-10/h3-8H,1-2H3,(H,18,19). The molecule has 20 heavy (non-hydrogen) atoms. The second-order valence-electron chi connectivity index (χ2n) is 4.46. The van der Waals surface area contributed by atoms with Gasteiger partial charge in [0.25, 0.3) is 0 Å². The van der Waals surface area contributed by atoms with Crippen LogP contribution in [0.15, 0.2) is 30.5 Å². The van der Waals surface area contributed by atoms with Crippen LogP contribution >= 0.6 is 11.6 Å². The maximum Gasteiger partial charge on any atom is 0.358 e. The van der Waals surface area contributed by atoms with Gasteiger partial charge in [-0.05, 0) is 18.2 Å². The molecule has 104 valence electrons. The van der Waals surface area contributed by atoms with Crippen molar-refractivity contribution in [3.8, 4) is 11.5 Å². The monoisotopic (exact) mass is 292 g/mol. The highest BCUT2D eigenvalue weighted by Crippen LogP contribution is 2.26. The van der Waals surface area contributed by atoms with E-state index >= 15 is 0 Å². The molecule has 0 amide bonds. The SMILES string of the molecule is CC(C)c1ncc(Oc2cccc(Cl)c2)c(C(=O)O)n1. The van der Waals surface area contributed by atoms with Gasteiger partial charge >= 0.3 is 5.97 Å². The minimum absolute atomic E-state index is 0.0355. The number of carbonyl (C=O) groups is 1. The van der Waals surface area contributed by atoms with E-state index in [0.717, 1.165) is 0 Å². The molecule has 0 radical (unpaired) electrons. The lowest BCUT2D eigenvalue weighted by Gasteiger charge is -2.10. The normalized spacial score (nSPS) is 10.6. The number of ether oxygens (including phenoxy) is 1. The van der Waals surface area contributed by atoms with E-state index in [1.165, 1.54) is 6.20 Å². The average molecular weight is 293 g/mol. The van der Waals surface area contributed by atoms with Gasteiger partial charge in [0.1, 0.15) is 11.6 Å². The van der Waals surface area contributed by atoms with Crippen molar-refractivity contribution in [1.29, 1.82) is 0 Å². The van der Waals surface area contributed by atoms with Crippen LogP contribution < -0.4 is 4.74 Å². The average Bonchev–Trinajstić information content (AvgIpc) is 2.38. The van der Waals surface area contributed by atoms with Crippen LogP contribution in [0.25, 0.3) is 0 Å². The van der Waals surface area contributed by atoms with Crippen molar-refractivity contribution in [2.45, 2.75) is 19.8 Å². The van der Waals surface area contributed by atoms with E-state index in [1.807, 2.05) is 13.8 Å². The van der Waals surface area contributed by atoms with Crippen LogP contribution in [-0.2, 0) is 0 Å². The summed E-state index contributed by atoms with van der Waals surface area (Å²) < 4.78 is 5.50. The maximum absolute atomic E-state index is 11.3. The molecule has 0 bridgehead atoms. The van der Waals surface area contributed by atoms with E-state index in [4.69, 9.17) is 16.3 Å². The molecule has 0 atom stereocenters. The number of aromatic carboxylic acids is 1. The van der Waals surface area contributed by atoms with Crippen LogP contribution in [0.3, 0.4) is 0 Å². The summed E-state index contributed by atoms with van der Waals surface area (Å²) in [5.74, 6) is -0.148. The Kier molecular flexibility index (Phi) is 4.20. The van der Waals surface area contributed by atoms with Crippen LogP contribution in [0.4, 0.5) is 0 Å². The number of halogens is 1. The second-order valence-corrected chi connectivity index (χ2v) is 4.90. The van der Waals surface area contributed by atoms with E-state index in [9.17, 15) is 9.90 Å². The molecule has 1 heterocycles. The molecule has 5 nitrogen and oxygen atoms in total. The smallest absolute Gasteiger partial charge is 0.358 e. The summed E-state index contributed by atoms with van der Waals surface area (Å²) in [5.41, 5.74) is -0.163. The third-order valence-electron chi connectivity index (χ3n) is 2.52. The summed E-state index contributed by atoms with van der Waals surface area (Å²) in [6.45, 7) is 3.77. The fraction of sp³-hybridized carbons (Fsp3) is 0.214. The van der Waals surface area contributed by atoms with Crippen molar-refractivity contribution in [3.63, 3.8) is 0 Å². The maximum atomic E-state index is 11.3. The fourth-order valence-corrected chi connectivity index (χ4v) is 1.73. The molecule has 0 fully saturated rings. The van der Waals surface area contributed by atoms with Crippen molar-refractivity contribution in [3.05, 3.63) is 47.0 Å². The van der Waals surface area contributed by atoms with Gasteiger partial charge in [0.15, 0.2) is 11.4 Å². The van der Waals surface area contributed by atoms with E-state index < -0.39 is 5.97 Å². The van der Waals surface area contributed by atoms with E-state index in [2.05, 4.69) is 9.97 Å². The van der Waals surface area contributed by atoms with Crippen molar-refractivity contribution in [2.24, 2.45) is 0 Å². The molecule has 2 aromatic rings. The molecular formula is C14H13ClN2O3. The predicted molar refractivity (Wildman–Crippen MR) is 74.6 cm³/mol. The number of carboxylic acid groups (broad SMARTS) is 1. The van der Waals surface area contributed by atoms with Crippen LogP contribution in [0.1, 0.15) is 36.1 Å². The number of carboxylic acids is 1. The lowest BCUT2D eigenvalue weighted by molar-refractivity contribution is 0.0686. The van der Waals surface area contributed by atoms with Gasteiger partial charge in [-0.1, -0.05) is 31.5 Å². The first-order valence-corrected chi connectivity index (χ1v) is 6.39. The lowest BCUT2D eigenvalue weighted by Crippen LogP contribution is -2.08. The zero-order valence-corrected chi connectivity index (χ0v) is 11.8. The second kappa shape index (κ2) is 5.88. The largest absolute Gasteiger partial charge is 0.476 e. The molecule has 1 N–H and O–H groups in total. The Morgan fingerprint density at radius 2 is 2.15 bits per heavy atom. The van der Waals surface area contributed by atoms with Crippen molar-refractivity contribution >= 4 is 17.6 Å². The quantitative estimate of drug-likeness (QED) is 0.929. The molecule has 0 spiro atoms. The highest BCUT2D eigenvalue weighted by molar-refractivity contribution is 6.30. The molecule has 1 aromatic heterocycles. The van der Waals surface area contributed by atoms with E-state index in [1.54, 1.807) is 24.3 Å². The third kappa shape index (κ3) is 3.24. The van der Waals surface area contributed by atoms with Gasteiger partial charge in [-0.25, -0.2) is 14.8 Å². The molecule has 0 saturated carbocycles. The molecule has 2 rings (SSSR count). The first-order chi connectivity index (χ1) is 9.47. The molecule has 1 aromatic carbocycles. The van der Waals surface area contributed by atoms with Crippen molar-refractivity contribution in [2.75, 3.05) is 0 Å². The Morgan fingerprint density at radius 1 is 1.40 bits per heavy atom. The van der Waals surface area contributed by atoms with E-state index in [-0.39, 0.29) is 17.4 Å². The summed E-state index contributed by atoms with van der Waals surface area (Å²) in [6, 6.07) is 6.67. The molecule has 0 aliphatic heterocycles. The van der Waals surface area contributed by atoms with E-state index in [0.29, 0.717) is 16.6 Å². The van der Waals surface area contributed by atoms with Crippen molar-refractivity contribution in [1.82, 2.24) is 9.97 Å². The Balaban J connectivity index is 2.38. The van der Waals surface area contributed by atoms with Gasteiger partial charge in [-0.15, -0.1) is 0 Å². The lowest BCUT2D eigenvalue weighted by atomic mass is 10.2. The van der Waals surface area contributed by atoms with Gasteiger partial charge in [0.05, 0.1) is 6.20 Å². The van der Waals surface area contributed by atoms with Crippen molar-refractivity contribution < 1.29 is 14.6 Å². The fourth-order valence-electron chi connectivity index (χ4n) is 1.55. The summed E-state index contributed by atoms with van der Waals surface area (Å²) in [5, 5.41) is 9.71. The molecular weight excluding hydrogens is 280 g/mol. The number of rotatable bonds is 4. The number of nitrogens with zero attached hydrogens (tertiary/aromatic N) is 2. The Morgan fingerprint density at radius 3 is 2.75 bits per heavy atom. The first-order valence-electron chi connectivity index (χ1n) is 6.01. The summed E-state index contributed by atoms with van der Waals surface area (Å²) in [7, 11) is 0. The zero-order chi connectivity index (χ0) is 14.7. The number of aromatic nitrogens is 2. The first kappa shape index (κ1) is 14.3. The zero-order valence-electron chi connectivity index (χ0n) is 11.0. The predicted octanol–water partition coefficient (Wildman–Crippen LogP) is 3.74. The summed E-state index contributed by atoms with van der Waals surface area (Å²) in [6.07, 6.45) is 1.37. The molecule has 0 aliphatic carbocycles. The van der Waals surface area contributed by atoms with Gasteiger partial charge in [0, 0.05) is 10.9 Å². The molecule has 0 aliphatic rings. The van der Waals surface area contributed by atoms with Crippen LogP contribution in [-0.4, -0.2) is 21.0 Å². The minimum Gasteiger partial charge on any atom is -0.476 e. The molecule has 0 unspecified atom stereocenters. The highest BCUT2D eigenvalue weighted by atomic mass is 35.5. The van der Waals surface area contributed by atoms with Gasteiger partial charge in [0.2, 0.25) is 0 Å². The Labute approximate surface area is 121 Å². The third-order valence-corrected chi connectivity index (χ3v) is 2.75. The highest BCUT2D eigenvalue weighted by Gasteiger charge is 2.17. The molecule has 6 heteroatoms. The number of hydrogen-bond acceptors (Lipinski definition) is 4. The Hall–Kier alpha value is -2.14. The summed E-state index contributed by atoms with van der Waals surface area (Å²) >= 11 is 5.85.